The van der Waals surface area contributed by atoms with E-state index >= 15 is 0 Å². The first-order valence-corrected chi connectivity index (χ1v) is 7.91. The van der Waals surface area contributed by atoms with E-state index in [4.69, 9.17) is 0 Å². The molecule has 1 aliphatic heterocycles. The number of carbonyl (C=O) groups is 1. The average Bonchev–Trinajstić information content (AvgIpc) is 2.47. The molecule has 0 bridgehead atoms. The van der Waals surface area contributed by atoms with Crippen LogP contribution in [0.2, 0.25) is 0 Å². The van der Waals surface area contributed by atoms with Crippen molar-refractivity contribution in [2.24, 2.45) is 0 Å². The summed E-state index contributed by atoms with van der Waals surface area (Å²) in [5.74, 6) is 0.131. The molecule has 2 aromatic rings. The predicted molar refractivity (Wildman–Crippen MR) is 87.8 cm³/mol. The lowest BCUT2D eigenvalue weighted by Crippen LogP contribution is -2.29. The lowest BCUT2D eigenvalue weighted by Gasteiger charge is -2.31. The number of nitrogens with zero attached hydrogens (tertiary/aromatic N) is 2. The topological polar surface area (TPSA) is 33.2 Å². The monoisotopic (exact) mass is 344 g/mol. The van der Waals surface area contributed by atoms with E-state index in [1.165, 1.54) is 16.8 Å². The van der Waals surface area contributed by atoms with Crippen LogP contribution in [0.4, 0.5) is 5.69 Å². The number of halogens is 1. The molecule has 1 aromatic heterocycles. The molecule has 0 amide bonds. The van der Waals surface area contributed by atoms with Gasteiger partial charge in [-0.15, -0.1) is 0 Å². The Morgan fingerprint density at radius 3 is 2.95 bits per heavy atom. The van der Waals surface area contributed by atoms with Crippen molar-refractivity contribution in [3.05, 3.63) is 57.8 Å². The number of ketones is 1. The molecule has 0 spiro atoms. The standard InChI is InChI=1S/C17H17BrN2O/c1-12(21)14-4-5-17-15(8-14)3-2-6-20(17)11-13-7-16(18)10-19-9-13/h4-5,7-10H,2-3,6,11H2,1H3. The Morgan fingerprint density at radius 1 is 1.33 bits per heavy atom. The first-order chi connectivity index (χ1) is 10.1. The fraction of sp³-hybridized carbons (Fsp3) is 0.294. The largest absolute Gasteiger partial charge is 0.367 e. The summed E-state index contributed by atoms with van der Waals surface area (Å²) in [6.45, 7) is 3.51. The Bertz CT molecular complexity index is 684. The van der Waals surface area contributed by atoms with Crippen LogP contribution < -0.4 is 4.90 Å². The Kier molecular flexibility index (Phi) is 4.06. The van der Waals surface area contributed by atoms with Gasteiger partial charge in [0.25, 0.3) is 0 Å². The minimum atomic E-state index is 0.131. The van der Waals surface area contributed by atoms with E-state index in [1.54, 1.807) is 13.1 Å². The number of carbonyl (C=O) groups excluding carboxylic acids is 1. The molecule has 0 unspecified atom stereocenters. The van der Waals surface area contributed by atoms with E-state index in [0.29, 0.717) is 0 Å². The number of rotatable bonds is 3. The fourth-order valence-corrected chi connectivity index (χ4v) is 3.23. The van der Waals surface area contributed by atoms with Crippen molar-refractivity contribution >= 4 is 27.4 Å². The summed E-state index contributed by atoms with van der Waals surface area (Å²) in [5.41, 5.74) is 4.51. The number of benzene rings is 1. The summed E-state index contributed by atoms with van der Waals surface area (Å²) in [7, 11) is 0. The first-order valence-electron chi connectivity index (χ1n) is 7.12. The van der Waals surface area contributed by atoms with Gasteiger partial charge < -0.3 is 4.90 Å². The molecule has 21 heavy (non-hydrogen) atoms. The number of anilines is 1. The number of hydrogen-bond donors (Lipinski definition) is 0. The van der Waals surface area contributed by atoms with E-state index in [1.807, 2.05) is 18.3 Å². The van der Waals surface area contributed by atoms with Gasteiger partial charge in [0, 0.05) is 41.2 Å². The number of aryl methyl sites for hydroxylation is 1. The number of aromatic nitrogens is 1. The van der Waals surface area contributed by atoms with Gasteiger partial charge >= 0.3 is 0 Å². The molecule has 1 aromatic carbocycles. The van der Waals surface area contributed by atoms with Gasteiger partial charge in [0.15, 0.2) is 5.78 Å². The SMILES string of the molecule is CC(=O)c1ccc2c(c1)CCCN2Cc1cncc(Br)c1. The van der Waals surface area contributed by atoms with Crippen LogP contribution in [0.25, 0.3) is 0 Å². The van der Waals surface area contributed by atoms with E-state index in [-0.39, 0.29) is 5.78 Å². The van der Waals surface area contributed by atoms with Crippen molar-refractivity contribution in [2.45, 2.75) is 26.3 Å². The van der Waals surface area contributed by atoms with Gasteiger partial charge in [-0.2, -0.15) is 0 Å². The summed E-state index contributed by atoms with van der Waals surface area (Å²) in [4.78, 5) is 18.1. The van der Waals surface area contributed by atoms with E-state index < -0.39 is 0 Å². The second-order valence-corrected chi connectivity index (χ2v) is 6.35. The molecule has 0 fully saturated rings. The molecule has 0 aliphatic carbocycles. The average molecular weight is 345 g/mol. The number of Topliss-reactive ketones (excluding diaryl/α,β-unsaturated/α-hetero) is 1. The van der Waals surface area contributed by atoms with Crippen LogP contribution in [0.1, 0.15) is 34.8 Å². The second kappa shape index (κ2) is 5.98. The maximum atomic E-state index is 11.5. The van der Waals surface area contributed by atoms with E-state index in [9.17, 15) is 4.79 Å². The molecule has 3 rings (SSSR count). The normalized spacial score (nSPS) is 13.9. The maximum Gasteiger partial charge on any atom is 0.159 e. The molecule has 0 N–H and O–H groups in total. The Morgan fingerprint density at radius 2 is 2.19 bits per heavy atom. The molecular weight excluding hydrogens is 328 g/mol. The maximum absolute atomic E-state index is 11.5. The zero-order valence-electron chi connectivity index (χ0n) is 12.0. The predicted octanol–water partition coefficient (Wildman–Crippen LogP) is 4.00. The Labute approximate surface area is 133 Å². The minimum absolute atomic E-state index is 0.131. The van der Waals surface area contributed by atoms with Crippen LogP contribution >= 0.6 is 15.9 Å². The second-order valence-electron chi connectivity index (χ2n) is 5.44. The molecule has 1 aliphatic rings. The smallest absolute Gasteiger partial charge is 0.159 e. The first kappa shape index (κ1) is 14.3. The van der Waals surface area contributed by atoms with Gasteiger partial charge in [0.05, 0.1) is 0 Å². The van der Waals surface area contributed by atoms with Crippen molar-refractivity contribution in [1.29, 1.82) is 0 Å². The highest BCUT2D eigenvalue weighted by molar-refractivity contribution is 9.10. The van der Waals surface area contributed by atoms with Gasteiger partial charge in [0.2, 0.25) is 0 Å². The van der Waals surface area contributed by atoms with Crippen molar-refractivity contribution in [1.82, 2.24) is 4.98 Å². The fourth-order valence-electron chi connectivity index (χ4n) is 2.82. The van der Waals surface area contributed by atoms with Gasteiger partial charge in [-0.05, 0) is 71.1 Å². The molecule has 3 nitrogen and oxygen atoms in total. The molecule has 0 atom stereocenters. The summed E-state index contributed by atoms with van der Waals surface area (Å²) in [5, 5.41) is 0. The third-order valence-electron chi connectivity index (χ3n) is 3.84. The third kappa shape index (κ3) is 3.16. The quantitative estimate of drug-likeness (QED) is 0.789. The lowest BCUT2D eigenvalue weighted by molar-refractivity contribution is 0.101. The van der Waals surface area contributed by atoms with Crippen LogP contribution in [0.3, 0.4) is 0 Å². The van der Waals surface area contributed by atoms with Gasteiger partial charge in [0.1, 0.15) is 0 Å². The van der Waals surface area contributed by atoms with Crippen LogP contribution in [0, 0.1) is 0 Å². The van der Waals surface area contributed by atoms with Crippen molar-refractivity contribution in [3.8, 4) is 0 Å². The van der Waals surface area contributed by atoms with Crippen molar-refractivity contribution in [3.63, 3.8) is 0 Å². The number of hydrogen-bond acceptors (Lipinski definition) is 3. The molecule has 0 saturated carbocycles. The Hall–Kier alpha value is -1.68. The van der Waals surface area contributed by atoms with Crippen LogP contribution in [-0.4, -0.2) is 17.3 Å². The van der Waals surface area contributed by atoms with E-state index in [0.717, 1.165) is 36.0 Å². The zero-order chi connectivity index (χ0) is 14.8. The molecule has 2 heterocycles. The molecule has 108 valence electrons. The van der Waals surface area contributed by atoms with Crippen molar-refractivity contribution in [2.75, 3.05) is 11.4 Å². The summed E-state index contributed by atoms with van der Waals surface area (Å²) in [6, 6.07) is 8.16. The molecule has 4 heteroatoms. The van der Waals surface area contributed by atoms with Gasteiger partial charge in [-0.3, -0.25) is 9.78 Å². The van der Waals surface area contributed by atoms with E-state index in [2.05, 4.69) is 37.9 Å². The highest BCUT2D eigenvalue weighted by Gasteiger charge is 2.18. The number of fused-ring (bicyclic) bond motifs is 1. The molecule has 0 radical (unpaired) electrons. The van der Waals surface area contributed by atoms with Crippen molar-refractivity contribution < 1.29 is 4.79 Å². The highest BCUT2D eigenvalue weighted by atomic mass is 79.9. The third-order valence-corrected chi connectivity index (χ3v) is 4.27. The van der Waals surface area contributed by atoms with Gasteiger partial charge in [-0.1, -0.05) is 0 Å². The van der Waals surface area contributed by atoms with Gasteiger partial charge in [-0.25, -0.2) is 0 Å². The number of pyridine rings is 1. The highest BCUT2D eigenvalue weighted by Crippen LogP contribution is 2.29. The summed E-state index contributed by atoms with van der Waals surface area (Å²) < 4.78 is 1.00. The van der Waals surface area contributed by atoms with Crippen LogP contribution in [0.15, 0.2) is 41.1 Å². The molecule has 0 saturated heterocycles. The zero-order valence-corrected chi connectivity index (χ0v) is 13.6. The summed E-state index contributed by atoms with van der Waals surface area (Å²) >= 11 is 3.47. The Balaban J connectivity index is 1.88. The minimum Gasteiger partial charge on any atom is -0.367 e. The van der Waals surface area contributed by atoms with Crippen LogP contribution in [0.5, 0.6) is 0 Å². The van der Waals surface area contributed by atoms with Crippen LogP contribution in [-0.2, 0) is 13.0 Å². The summed E-state index contributed by atoms with van der Waals surface area (Å²) in [6.07, 6.45) is 5.87. The lowest BCUT2D eigenvalue weighted by atomic mass is 9.97. The molecular formula is C17H17BrN2O.